The number of likely N-dealkylation sites (tertiary alicyclic amines) is 1. The van der Waals surface area contributed by atoms with Gasteiger partial charge in [-0.2, -0.15) is 13.2 Å². The lowest BCUT2D eigenvalue weighted by Crippen LogP contribution is -2.42. The van der Waals surface area contributed by atoms with E-state index in [0.29, 0.717) is 56.0 Å². The van der Waals surface area contributed by atoms with Crippen LogP contribution in [0.3, 0.4) is 0 Å². The van der Waals surface area contributed by atoms with Gasteiger partial charge in [0.25, 0.3) is 5.91 Å². The second-order valence-electron chi connectivity index (χ2n) is 9.86. The molecule has 5 rings (SSSR count). The zero-order valence-corrected chi connectivity index (χ0v) is 20.4. The number of alkyl halides is 3. The maximum absolute atomic E-state index is 13.5. The summed E-state index contributed by atoms with van der Waals surface area (Å²) in [6.07, 6.45) is -2.09. The van der Waals surface area contributed by atoms with Crippen molar-refractivity contribution < 1.29 is 32.2 Å². The molecule has 1 fully saturated rings. The van der Waals surface area contributed by atoms with Crippen molar-refractivity contribution in [3.8, 4) is 17.3 Å². The molecule has 2 aromatic heterocycles. The van der Waals surface area contributed by atoms with Crippen LogP contribution < -0.4 is 4.74 Å². The number of carbonyl (C=O) groups excluding carboxylic acids is 1. The molecule has 8 nitrogen and oxygen atoms in total. The van der Waals surface area contributed by atoms with Gasteiger partial charge in [0.2, 0.25) is 11.5 Å². The first kappa shape index (κ1) is 25.2. The molecule has 0 radical (unpaired) electrons. The maximum atomic E-state index is 13.5. The molecular weight excluding hydrogens is 494 g/mol. The van der Waals surface area contributed by atoms with Crippen LogP contribution in [0.1, 0.15) is 48.9 Å². The molecule has 2 aliphatic rings. The summed E-state index contributed by atoms with van der Waals surface area (Å²) >= 11 is 0. The Kier molecular flexibility index (Phi) is 6.25. The van der Waals surface area contributed by atoms with E-state index in [9.17, 15) is 27.5 Å². The number of benzene rings is 1. The van der Waals surface area contributed by atoms with Gasteiger partial charge in [-0.05, 0) is 56.9 Å². The first-order valence-corrected chi connectivity index (χ1v) is 12.1. The van der Waals surface area contributed by atoms with Crippen LogP contribution in [0, 0.1) is 11.7 Å². The molecule has 0 spiro atoms. The topological polar surface area (TPSA) is 85.4 Å². The summed E-state index contributed by atoms with van der Waals surface area (Å²) < 4.78 is 62.5. The van der Waals surface area contributed by atoms with Crippen molar-refractivity contribution in [3.05, 3.63) is 53.7 Å². The lowest BCUT2D eigenvalue weighted by atomic mass is 9.97. The Morgan fingerprint density at radius 3 is 2.49 bits per heavy atom. The fourth-order valence-electron chi connectivity index (χ4n) is 4.91. The normalized spacial score (nSPS) is 19.8. The molecule has 3 aromatic rings. The molecule has 0 bridgehead atoms. The highest BCUT2D eigenvalue weighted by Crippen LogP contribution is 2.42. The number of hydrogen-bond donors (Lipinski definition) is 1. The van der Waals surface area contributed by atoms with Crippen LogP contribution in [-0.2, 0) is 12.1 Å². The summed E-state index contributed by atoms with van der Waals surface area (Å²) in [6.45, 7) is 4.25. The number of halogens is 4. The zero-order chi connectivity index (χ0) is 26.5. The number of fused-ring (bicyclic) bond motifs is 3. The fourth-order valence-corrected chi connectivity index (χ4v) is 4.91. The van der Waals surface area contributed by atoms with E-state index in [1.54, 1.807) is 22.6 Å². The molecule has 1 amide bonds. The number of aliphatic hydroxyl groups is 1. The van der Waals surface area contributed by atoms with Gasteiger partial charge in [-0.3, -0.25) is 9.48 Å². The van der Waals surface area contributed by atoms with Crippen LogP contribution in [0.25, 0.3) is 11.4 Å². The summed E-state index contributed by atoms with van der Waals surface area (Å²) in [6, 6.07) is 6.75. The van der Waals surface area contributed by atoms with E-state index in [0.717, 1.165) is 12.8 Å². The summed E-state index contributed by atoms with van der Waals surface area (Å²) in [5, 5.41) is 14.7. The number of imidazole rings is 1. The zero-order valence-electron chi connectivity index (χ0n) is 20.4. The summed E-state index contributed by atoms with van der Waals surface area (Å²) in [7, 11) is 0. The van der Waals surface area contributed by atoms with E-state index in [1.807, 2.05) is 0 Å². The van der Waals surface area contributed by atoms with Gasteiger partial charge in [-0.25, -0.2) is 9.37 Å². The Morgan fingerprint density at radius 1 is 1.16 bits per heavy atom. The highest BCUT2D eigenvalue weighted by atomic mass is 19.4. The predicted octanol–water partition coefficient (Wildman–Crippen LogP) is 4.16. The second kappa shape index (κ2) is 9.16. The van der Waals surface area contributed by atoms with Crippen molar-refractivity contribution in [3.63, 3.8) is 0 Å². The van der Waals surface area contributed by atoms with Gasteiger partial charge in [-0.1, -0.05) is 0 Å². The van der Waals surface area contributed by atoms with Gasteiger partial charge in [0.05, 0.1) is 36.8 Å². The summed E-state index contributed by atoms with van der Waals surface area (Å²) in [5.41, 5.74) is -1.65. The average molecular weight is 522 g/mol. The Morgan fingerprint density at radius 2 is 1.84 bits per heavy atom. The van der Waals surface area contributed by atoms with Crippen LogP contribution in [0.4, 0.5) is 17.6 Å². The van der Waals surface area contributed by atoms with Crippen molar-refractivity contribution in [1.29, 1.82) is 0 Å². The Hall–Kier alpha value is -3.41. The molecule has 1 saturated heterocycles. The molecule has 4 heterocycles. The highest BCUT2D eigenvalue weighted by molar-refractivity contribution is 5.94. The quantitative estimate of drug-likeness (QED) is 0.510. The minimum atomic E-state index is -4.87. The van der Waals surface area contributed by atoms with Gasteiger partial charge in [0.15, 0.2) is 5.82 Å². The van der Waals surface area contributed by atoms with Crippen LogP contribution in [0.5, 0.6) is 5.88 Å². The van der Waals surface area contributed by atoms with Gasteiger partial charge in [-0.15, -0.1) is 5.10 Å². The van der Waals surface area contributed by atoms with Crippen molar-refractivity contribution in [2.45, 2.75) is 51.1 Å². The van der Waals surface area contributed by atoms with E-state index in [1.165, 1.54) is 35.0 Å². The Bertz CT molecular complexity index is 1290. The number of rotatable bonds is 5. The third-order valence-electron chi connectivity index (χ3n) is 7.14. The van der Waals surface area contributed by atoms with E-state index >= 15 is 0 Å². The van der Waals surface area contributed by atoms with Crippen molar-refractivity contribution in [1.82, 2.24) is 24.2 Å². The van der Waals surface area contributed by atoms with Crippen LogP contribution in [0.15, 0.2) is 36.5 Å². The lowest BCUT2D eigenvalue weighted by molar-refractivity contribution is -0.262. The number of piperidine rings is 1. The van der Waals surface area contributed by atoms with E-state index in [-0.39, 0.29) is 17.6 Å². The molecule has 0 saturated carbocycles. The SMILES string of the molecule is C[C@H]1Cn2nc(OCC3CCN(C(=O)c4ccc(F)cc4)CC3)cc2-c2cnc(C(C)(O)C(F)(F)F)n21. The standard InChI is InChI=1S/C25H27F4N5O3/c1-15-13-33-19(20-12-30-23(34(15)20)24(2,36)25(27,28)29)11-21(31-33)37-14-16-7-9-32(10-8-16)22(35)17-3-5-18(26)6-4-17/h3-6,11-12,15-16,36H,7-10,13-14H2,1-2H3/t15-,24?/m0/s1. The first-order valence-electron chi connectivity index (χ1n) is 12.1. The first-order chi connectivity index (χ1) is 17.5. The van der Waals surface area contributed by atoms with Gasteiger partial charge in [0, 0.05) is 24.7 Å². The summed E-state index contributed by atoms with van der Waals surface area (Å²) in [5.74, 6) is -0.421. The molecule has 198 valence electrons. The second-order valence-corrected chi connectivity index (χ2v) is 9.86. The smallest absolute Gasteiger partial charge is 0.424 e. The monoisotopic (exact) mass is 521 g/mol. The molecule has 2 aliphatic heterocycles. The molecule has 2 atom stereocenters. The summed E-state index contributed by atoms with van der Waals surface area (Å²) in [4.78, 5) is 18.3. The number of aromatic nitrogens is 4. The molecule has 1 N–H and O–H groups in total. The highest BCUT2D eigenvalue weighted by Gasteiger charge is 2.55. The van der Waals surface area contributed by atoms with Crippen molar-refractivity contribution >= 4 is 5.91 Å². The van der Waals surface area contributed by atoms with Crippen LogP contribution in [-0.4, -0.2) is 61.1 Å². The van der Waals surface area contributed by atoms with Gasteiger partial charge >= 0.3 is 6.18 Å². The molecule has 0 aliphatic carbocycles. The molecule has 37 heavy (non-hydrogen) atoms. The van der Waals surface area contributed by atoms with Gasteiger partial charge < -0.3 is 19.3 Å². The fraction of sp³-hybridized carbons (Fsp3) is 0.480. The van der Waals surface area contributed by atoms with Crippen LogP contribution >= 0.6 is 0 Å². The lowest BCUT2D eigenvalue weighted by Gasteiger charge is -2.31. The van der Waals surface area contributed by atoms with E-state index in [2.05, 4.69) is 10.1 Å². The van der Waals surface area contributed by atoms with Gasteiger partial charge in [0.1, 0.15) is 5.82 Å². The molecule has 1 aromatic carbocycles. The van der Waals surface area contributed by atoms with Crippen molar-refractivity contribution in [2.75, 3.05) is 19.7 Å². The maximum Gasteiger partial charge on any atom is 0.424 e. The number of amides is 1. The van der Waals surface area contributed by atoms with Crippen molar-refractivity contribution in [2.24, 2.45) is 5.92 Å². The minimum absolute atomic E-state index is 0.129. The number of hydrogen-bond acceptors (Lipinski definition) is 5. The van der Waals surface area contributed by atoms with E-state index in [4.69, 9.17) is 4.74 Å². The third kappa shape index (κ3) is 4.58. The minimum Gasteiger partial charge on any atom is -0.476 e. The molecule has 12 heteroatoms. The number of carbonyl (C=O) groups is 1. The Balaban J connectivity index is 1.23. The average Bonchev–Trinajstić information content (AvgIpc) is 3.47. The predicted molar refractivity (Wildman–Crippen MR) is 124 cm³/mol. The van der Waals surface area contributed by atoms with Crippen LogP contribution in [0.2, 0.25) is 0 Å². The number of ether oxygens (including phenoxy) is 1. The number of nitrogens with zero attached hydrogens (tertiary/aromatic N) is 5. The molecule has 1 unspecified atom stereocenters. The largest absolute Gasteiger partial charge is 0.476 e. The molecular formula is C25H27F4N5O3. The third-order valence-corrected chi connectivity index (χ3v) is 7.14. The Labute approximate surface area is 210 Å². The van der Waals surface area contributed by atoms with E-state index < -0.39 is 23.6 Å².